The van der Waals surface area contributed by atoms with E-state index < -0.39 is 45.6 Å². The van der Waals surface area contributed by atoms with Crippen LogP contribution in [0.3, 0.4) is 0 Å². The molecule has 1 amide bonds. The van der Waals surface area contributed by atoms with Gasteiger partial charge in [-0.15, -0.1) is 0 Å². The summed E-state index contributed by atoms with van der Waals surface area (Å²) in [7, 11) is -3.60. The average Bonchev–Trinajstić information content (AvgIpc) is 2.43. The largest absolute Gasteiger partial charge is 0.322 e. The van der Waals surface area contributed by atoms with Crippen LogP contribution in [0.5, 0.6) is 0 Å². The van der Waals surface area contributed by atoms with Crippen LogP contribution in [-0.2, 0) is 14.8 Å². The summed E-state index contributed by atoms with van der Waals surface area (Å²) in [4.78, 5) is 11.8. The fraction of sp³-hybridized carbons (Fsp3) is 0.462. The number of carbonyl (C=O) groups excluding carboxylic acids is 1. The molecule has 0 fully saturated rings. The SMILES string of the molecule is CCCCN(CC(=O)Nc1ccc(F)c(F)c1F)S(C)(=O)=O. The molecule has 0 atom stereocenters. The summed E-state index contributed by atoms with van der Waals surface area (Å²) in [5.74, 6) is -5.46. The third kappa shape index (κ3) is 4.99. The van der Waals surface area contributed by atoms with E-state index in [2.05, 4.69) is 0 Å². The Hall–Kier alpha value is -1.61. The Bertz CT molecular complexity index is 650. The zero-order valence-electron chi connectivity index (χ0n) is 12.2. The second-order valence-corrected chi connectivity index (χ2v) is 6.70. The minimum atomic E-state index is -3.60. The number of carbonyl (C=O) groups is 1. The van der Waals surface area contributed by atoms with Gasteiger partial charge in [-0.05, 0) is 18.6 Å². The summed E-state index contributed by atoms with van der Waals surface area (Å²) in [6.45, 7) is 1.47. The molecule has 0 spiro atoms. The van der Waals surface area contributed by atoms with Crippen LogP contribution in [0.25, 0.3) is 0 Å². The van der Waals surface area contributed by atoms with Gasteiger partial charge in [-0.1, -0.05) is 13.3 Å². The molecule has 0 aliphatic rings. The highest BCUT2D eigenvalue weighted by Gasteiger charge is 2.21. The lowest BCUT2D eigenvalue weighted by molar-refractivity contribution is -0.116. The summed E-state index contributed by atoms with van der Waals surface area (Å²) in [5, 5.41) is 2.03. The summed E-state index contributed by atoms with van der Waals surface area (Å²) in [5.41, 5.74) is -0.548. The van der Waals surface area contributed by atoms with Gasteiger partial charge in [0.2, 0.25) is 15.9 Å². The number of hydrogen-bond acceptors (Lipinski definition) is 3. The standard InChI is InChI=1S/C13H17F3N2O3S/c1-3-4-7-18(22(2,20)21)8-11(19)17-10-6-5-9(14)12(15)13(10)16/h5-6H,3-4,7-8H2,1-2H3,(H,17,19). The Labute approximate surface area is 127 Å². The fourth-order valence-electron chi connectivity index (χ4n) is 1.67. The van der Waals surface area contributed by atoms with E-state index in [9.17, 15) is 26.4 Å². The van der Waals surface area contributed by atoms with E-state index in [-0.39, 0.29) is 6.54 Å². The number of benzene rings is 1. The summed E-state index contributed by atoms with van der Waals surface area (Å²) in [6.07, 6.45) is 2.24. The lowest BCUT2D eigenvalue weighted by Gasteiger charge is -2.19. The summed E-state index contributed by atoms with van der Waals surface area (Å²) >= 11 is 0. The van der Waals surface area contributed by atoms with E-state index in [1.165, 1.54) is 0 Å². The number of nitrogens with one attached hydrogen (secondary N) is 1. The molecule has 0 radical (unpaired) electrons. The van der Waals surface area contributed by atoms with E-state index in [4.69, 9.17) is 0 Å². The first kappa shape index (κ1) is 18.4. The van der Waals surface area contributed by atoms with E-state index in [0.29, 0.717) is 12.5 Å². The van der Waals surface area contributed by atoms with Crippen LogP contribution in [-0.4, -0.2) is 38.0 Å². The highest BCUT2D eigenvalue weighted by atomic mass is 32.2. The van der Waals surface area contributed by atoms with Gasteiger partial charge in [0.25, 0.3) is 0 Å². The topological polar surface area (TPSA) is 66.5 Å². The predicted octanol–water partition coefficient (Wildman–Crippen LogP) is 2.10. The molecule has 1 aromatic carbocycles. The zero-order valence-corrected chi connectivity index (χ0v) is 13.0. The molecule has 0 unspecified atom stereocenters. The van der Waals surface area contributed by atoms with Crippen LogP contribution in [0.15, 0.2) is 12.1 Å². The van der Waals surface area contributed by atoms with Crippen molar-refractivity contribution in [3.05, 3.63) is 29.6 Å². The second-order valence-electron chi connectivity index (χ2n) is 4.72. The quantitative estimate of drug-likeness (QED) is 0.774. The summed E-state index contributed by atoms with van der Waals surface area (Å²) < 4.78 is 63.3. The Kier molecular flexibility index (Phi) is 6.36. The molecule has 9 heteroatoms. The van der Waals surface area contributed by atoms with Gasteiger partial charge < -0.3 is 5.32 Å². The lowest BCUT2D eigenvalue weighted by atomic mass is 10.2. The number of halogens is 3. The number of nitrogens with zero attached hydrogens (tertiary/aromatic N) is 1. The van der Waals surface area contributed by atoms with Crippen molar-refractivity contribution in [3.63, 3.8) is 0 Å². The van der Waals surface area contributed by atoms with Crippen molar-refractivity contribution in [2.75, 3.05) is 24.7 Å². The van der Waals surface area contributed by atoms with Crippen molar-refractivity contribution >= 4 is 21.6 Å². The molecule has 1 aromatic rings. The van der Waals surface area contributed by atoms with E-state index in [1.807, 2.05) is 12.2 Å². The van der Waals surface area contributed by atoms with Crippen molar-refractivity contribution in [2.45, 2.75) is 19.8 Å². The van der Waals surface area contributed by atoms with Crippen LogP contribution in [0.2, 0.25) is 0 Å². The van der Waals surface area contributed by atoms with E-state index >= 15 is 0 Å². The first-order valence-electron chi connectivity index (χ1n) is 6.55. The third-order valence-corrected chi connectivity index (χ3v) is 4.11. The van der Waals surface area contributed by atoms with Crippen molar-refractivity contribution in [3.8, 4) is 0 Å². The molecule has 0 aromatic heterocycles. The van der Waals surface area contributed by atoms with E-state index in [1.54, 1.807) is 0 Å². The van der Waals surface area contributed by atoms with E-state index in [0.717, 1.165) is 23.0 Å². The van der Waals surface area contributed by atoms with Gasteiger partial charge >= 0.3 is 0 Å². The Morgan fingerprint density at radius 1 is 1.23 bits per heavy atom. The zero-order chi connectivity index (χ0) is 16.9. The van der Waals surface area contributed by atoms with Gasteiger partial charge in [0.1, 0.15) is 0 Å². The van der Waals surface area contributed by atoms with Crippen LogP contribution in [0, 0.1) is 17.5 Å². The molecule has 0 saturated heterocycles. The minimum absolute atomic E-state index is 0.142. The fourth-order valence-corrected chi connectivity index (χ4v) is 2.48. The molecule has 1 rings (SSSR count). The normalized spacial score (nSPS) is 11.7. The van der Waals surface area contributed by atoms with Crippen LogP contribution in [0.1, 0.15) is 19.8 Å². The van der Waals surface area contributed by atoms with Gasteiger partial charge in [0, 0.05) is 6.54 Å². The monoisotopic (exact) mass is 338 g/mol. The summed E-state index contributed by atoms with van der Waals surface area (Å²) in [6, 6.07) is 1.53. The van der Waals surface area contributed by atoms with Crippen LogP contribution in [0.4, 0.5) is 18.9 Å². The molecule has 22 heavy (non-hydrogen) atoms. The van der Waals surface area contributed by atoms with Crippen molar-refractivity contribution in [1.82, 2.24) is 4.31 Å². The van der Waals surface area contributed by atoms with Crippen LogP contribution < -0.4 is 5.32 Å². The molecule has 124 valence electrons. The second kappa shape index (κ2) is 7.59. The minimum Gasteiger partial charge on any atom is -0.322 e. The van der Waals surface area contributed by atoms with Gasteiger partial charge in [-0.3, -0.25) is 4.79 Å². The van der Waals surface area contributed by atoms with Crippen molar-refractivity contribution < 1.29 is 26.4 Å². The highest BCUT2D eigenvalue weighted by Crippen LogP contribution is 2.19. The Morgan fingerprint density at radius 3 is 2.41 bits per heavy atom. The third-order valence-electron chi connectivity index (χ3n) is 2.86. The number of amides is 1. The maximum absolute atomic E-state index is 13.4. The average molecular weight is 338 g/mol. The molecule has 0 heterocycles. The Balaban J connectivity index is 2.82. The van der Waals surface area contributed by atoms with Crippen molar-refractivity contribution in [1.29, 1.82) is 0 Å². The number of hydrogen-bond donors (Lipinski definition) is 1. The Morgan fingerprint density at radius 2 is 1.86 bits per heavy atom. The number of rotatable bonds is 7. The maximum Gasteiger partial charge on any atom is 0.239 e. The maximum atomic E-state index is 13.4. The number of anilines is 1. The molecule has 5 nitrogen and oxygen atoms in total. The molecule has 0 saturated carbocycles. The molecular weight excluding hydrogens is 321 g/mol. The van der Waals surface area contributed by atoms with Crippen molar-refractivity contribution in [2.24, 2.45) is 0 Å². The number of unbranched alkanes of at least 4 members (excludes halogenated alkanes) is 1. The highest BCUT2D eigenvalue weighted by molar-refractivity contribution is 7.88. The first-order valence-corrected chi connectivity index (χ1v) is 8.40. The van der Waals surface area contributed by atoms with Gasteiger partial charge in [0.05, 0.1) is 18.5 Å². The van der Waals surface area contributed by atoms with Crippen LogP contribution >= 0.6 is 0 Å². The van der Waals surface area contributed by atoms with Gasteiger partial charge in [-0.2, -0.15) is 4.31 Å². The number of sulfonamides is 1. The molecule has 1 N–H and O–H groups in total. The molecule has 0 bridgehead atoms. The smallest absolute Gasteiger partial charge is 0.239 e. The molecule has 0 aliphatic carbocycles. The van der Waals surface area contributed by atoms with Gasteiger partial charge in [-0.25, -0.2) is 21.6 Å². The lowest BCUT2D eigenvalue weighted by Crippen LogP contribution is -2.38. The van der Waals surface area contributed by atoms with Gasteiger partial charge in [0.15, 0.2) is 17.5 Å². The first-order chi connectivity index (χ1) is 10.2. The molecular formula is C13H17F3N2O3S. The molecule has 0 aliphatic heterocycles. The predicted molar refractivity (Wildman–Crippen MR) is 76.3 cm³/mol.